The lowest BCUT2D eigenvalue weighted by Gasteiger charge is -2.21. The van der Waals surface area contributed by atoms with Crippen LogP contribution in [0.15, 0.2) is 23.1 Å². The molecule has 5 heteroatoms. The summed E-state index contributed by atoms with van der Waals surface area (Å²) in [6.45, 7) is 1.24. The molecule has 1 saturated heterocycles. The van der Waals surface area contributed by atoms with Gasteiger partial charge in [0.25, 0.3) is 0 Å². The Balaban J connectivity index is 1.97. The summed E-state index contributed by atoms with van der Waals surface area (Å²) >= 11 is 3.49. The highest BCUT2D eigenvalue weighted by atomic mass is 32.2. The zero-order valence-electron chi connectivity index (χ0n) is 10.3. The Morgan fingerprint density at radius 1 is 1.56 bits per heavy atom. The molecule has 0 aliphatic carbocycles. The standard InChI is InChI=1S/C13H16N2OS2/c1-17-10-4-5-11-12(7-10)18-13(14-11)15-6-2-3-9(15)8-16/h4-5,7,9,16H,2-3,6,8H2,1H3. The summed E-state index contributed by atoms with van der Waals surface area (Å²) in [6, 6.07) is 6.66. The molecule has 1 aliphatic heterocycles. The third kappa shape index (κ3) is 2.11. The number of thioether (sulfide) groups is 1. The van der Waals surface area contributed by atoms with Gasteiger partial charge in [0, 0.05) is 11.4 Å². The van der Waals surface area contributed by atoms with Gasteiger partial charge in [-0.1, -0.05) is 11.3 Å². The zero-order valence-corrected chi connectivity index (χ0v) is 11.9. The van der Waals surface area contributed by atoms with Gasteiger partial charge < -0.3 is 10.0 Å². The fourth-order valence-corrected chi connectivity index (χ4v) is 4.04. The minimum absolute atomic E-state index is 0.228. The molecular formula is C13H16N2OS2. The van der Waals surface area contributed by atoms with Crippen LogP contribution in [0.5, 0.6) is 0 Å². The Hall–Kier alpha value is -0.780. The molecule has 1 aromatic carbocycles. The topological polar surface area (TPSA) is 36.4 Å². The maximum Gasteiger partial charge on any atom is 0.186 e. The van der Waals surface area contributed by atoms with Gasteiger partial charge >= 0.3 is 0 Å². The fourth-order valence-electron chi connectivity index (χ4n) is 2.42. The smallest absolute Gasteiger partial charge is 0.186 e. The summed E-state index contributed by atoms with van der Waals surface area (Å²) in [7, 11) is 0. The SMILES string of the molecule is CSc1ccc2nc(N3CCCC3CO)sc2c1. The molecule has 1 fully saturated rings. The highest BCUT2D eigenvalue weighted by Crippen LogP contribution is 2.34. The highest BCUT2D eigenvalue weighted by Gasteiger charge is 2.26. The molecule has 1 aliphatic rings. The van der Waals surface area contributed by atoms with Crippen molar-refractivity contribution in [3.8, 4) is 0 Å². The predicted octanol–water partition coefficient (Wildman–Crippen LogP) is 2.98. The minimum Gasteiger partial charge on any atom is -0.394 e. The summed E-state index contributed by atoms with van der Waals surface area (Å²) in [5.74, 6) is 0. The molecule has 2 heterocycles. The molecule has 0 bridgehead atoms. The van der Waals surface area contributed by atoms with Crippen LogP contribution in [-0.2, 0) is 0 Å². The number of aliphatic hydroxyl groups excluding tert-OH is 1. The third-order valence-corrected chi connectivity index (χ3v) is 5.20. The van der Waals surface area contributed by atoms with Crippen LogP contribution in [0.1, 0.15) is 12.8 Å². The maximum absolute atomic E-state index is 9.39. The lowest BCUT2D eigenvalue weighted by molar-refractivity contribution is 0.266. The van der Waals surface area contributed by atoms with E-state index in [2.05, 4.69) is 29.4 Å². The number of aliphatic hydroxyl groups is 1. The number of benzene rings is 1. The minimum atomic E-state index is 0.228. The van der Waals surface area contributed by atoms with Crippen LogP contribution in [0.4, 0.5) is 5.13 Å². The lowest BCUT2D eigenvalue weighted by atomic mass is 10.2. The van der Waals surface area contributed by atoms with Crippen LogP contribution >= 0.6 is 23.1 Å². The molecule has 2 aromatic rings. The Morgan fingerprint density at radius 2 is 2.44 bits per heavy atom. The van der Waals surface area contributed by atoms with E-state index in [0.29, 0.717) is 0 Å². The van der Waals surface area contributed by atoms with Crippen LogP contribution in [0.3, 0.4) is 0 Å². The van der Waals surface area contributed by atoms with E-state index in [1.807, 2.05) is 0 Å². The van der Waals surface area contributed by atoms with Crippen molar-refractivity contribution in [2.75, 3.05) is 24.3 Å². The van der Waals surface area contributed by atoms with Crippen molar-refractivity contribution in [1.82, 2.24) is 4.98 Å². The number of aromatic nitrogens is 1. The number of rotatable bonds is 3. The van der Waals surface area contributed by atoms with Gasteiger partial charge in [0.05, 0.1) is 22.9 Å². The average Bonchev–Trinajstić information content (AvgIpc) is 3.03. The second-order valence-corrected chi connectivity index (χ2v) is 6.39. The third-order valence-electron chi connectivity index (χ3n) is 3.42. The first-order chi connectivity index (χ1) is 8.81. The Morgan fingerprint density at radius 3 is 3.22 bits per heavy atom. The van der Waals surface area contributed by atoms with Crippen molar-refractivity contribution >= 4 is 38.4 Å². The van der Waals surface area contributed by atoms with Gasteiger partial charge in [0.2, 0.25) is 0 Å². The molecule has 0 radical (unpaired) electrons. The molecular weight excluding hydrogens is 264 g/mol. The van der Waals surface area contributed by atoms with Crippen molar-refractivity contribution in [1.29, 1.82) is 0 Å². The normalized spacial score (nSPS) is 19.9. The molecule has 0 amide bonds. The van der Waals surface area contributed by atoms with Crippen LogP contribution < -0.4 is 4.90 Å². The molecule has 18 heavy (non-hydrogen) atoms. The zero-order chi connectivity index (χ0) is 12.5. The number of anilines is 1. The molecule has 3 nitrogen and oxygen atoms in total. The second-order valence-electron chi connectivity index (χ2n) is 4.50. The molecule has 1 aromatic heterocycles. The summed E-state index contributed by atoms with van der Waals surface area (Å²) in [6.07, 6.45) is 4.31. The van der Waals surface area contributed by atoms with E-state index in [1.54, 1.807) is 23.1 Å². The Bertz CT molecular complexity index is 555. The fraction of sp³-hybridized carbons (Fsp3) is 0.462. The van der Waals surface area contributed by atoms with Gasteiger partial charge in [-0.3, -0.25) is 0 Å². The van der Waals surface area contributed by atoms with E-state index in [0.717, 1.165) is 30.0 Å². The first kappa shape index (κ1) is 12.3. The van der Waals surface area contributed by atoms with Crippen LogP contribution in [0.25, 0.3) is 10.2 Å². The Kier molecular flexibility index (Phi) is 3.46. The number of thiazole rings is 1. The number of hydrogen-bond donors (Lipinski definition) is 1. The quantitative estimate of drug-likeness (QED) is 0.877. The van der Waals surface area contributed by atoms with Crippen molar-refractivity contribution in [3.63, 3.8) is 0 Å². The first-order valence-electron chi connectivity index (χ1n) is 6.14. The van der Waals surface area contributed by atoms with Gasteiger partial charge in [-0.25, -0.2) is 4.98 Å². The molecule has 0 spiro atoms. The van der Waals surface area contributed by atoms with Gasteiger partial charge in [-0.15, -0.1) is 11.8 Å². The number of fused-ring (bicyclic) bond motifs is 1. The molecule has 96 valence electrons. The number of nitrogens with zero attached hydrogens (tertiary/aromatic N) is 2. The Labute approximate surface area is 115 Å². The van der Waals surface area contributed by atoms with Gasteiger partial charge in [-0.05, 0) is 37.3 Å². The molecule has 3 rings (SSSR count). The summed E-state index contributed by atoms with van der Waals surface area (Å²) in [5.41, 5.74) is 1.07. The van der Waals surface area contributed by atoms with Gasteiger partial charge in [-0.2, -0.15) is 0 Å². The van der Waals surface area contributed by atoms with E-state index in [-0.39, 0.29) is 12.6 Å². The molecule has 0 saturated carbocycles. The maximum atomic E-state index is 9.39. The van der Waals surface area contributed by atoms with E-state index >= 15 is 0 Å². The summed E-state index contributed by atoms with van der Waals surface area (Å²) in [4.78, 5) is 8.22. The largest absolute Gasteiger partial charge is 0.394 e. The average molecular weight is 280 g/mol. The number of hydrogen-bond acceptors (Lipinski definition) is 5. The second kappa shape index (κ2) is 5.07. The summed E-state index contributed by atoms with van der Waals surface area (Å²) < 4.78 is 1.24. The molecule has 1 unspecified atom stereocenters. The van der Waals surface area contributed by atoms with E-state index in [1.165, 1.54) is 9.60 Å². The highest BCUT2D eigenvalue weighted by molar-refractivity contribution is 7.98. The van der Waals surface area contributed by atoms with E-state index in [4.69, 9.17) is 4.98 Å². The summed E-state index contributed by atoms with van der Waals surface area (Å²) in [5, 5.41) is 10.4. The van der Waals surface area contributed by atoms with Gasteiger partial charge in [0.15, 0.2) is 5.13 Å². The van der Waals surface area contributed by atoms with E-state index < -0.39 is 0 Å². The van der Waals surface area contributed by atoms with Crippen molar-refractivity contribution in [2.45, 2.75) is 23.8 Å². The van der Waals surface area contributed by atoms with Crippen LogP contribution in [0, 0.1) is 0 Å². The van der Waals surface area contributed by atoms with E-state index in [9.17, 15) is 5.11 Å². The van der Waals surface area contributed by atoms with Crippen molar-refractivity contribution < 1.29 is 5.11 Å². The first-order valence-corrected chi connectivity index (χ1v) is 8.18. The van der Waals surface area contributed by atoms with Crippen LogP contribution in [-0.4, -0.2) is 35.5 Å². The van der Waals surface area contributed by atoms with Gasteiger partial charge in [0.1, 0.15) is 0 Å². The predicted molar refractivity (Wildman–Crippen MR) is 78.9 cm³/mol. The van der Waals surface area contributed by atoms with Crippen molar-refractivity contribution in [3.05, 3.63) is 18.2 Å². The monoisotopic (exact) mass is 280 g/mol. The van der Waals surface area contributed by atoms with Crippen molar-refractivity contribution in [2.24, 2.45) is 0 Å². The molecule has 1 atom stereocenters. The molecule has 1 N–H and O–H groups in total. The van der Waals surface area contributed by atoms with Crippen LogP contribution in [0.2, 0.25) is 0 Å². The lowest BCUT2D eigenvalue weighted by Crippen LogP contribution is -2.31.